The summed E-state index contributed by atoms with van der Waals surface area (Å²) in [7, 11) is 0. The average Bonchev–Trinajstić information content (AvgIpc) is 2.93. The minimum Gasteiger partial charge on any atom is -0.303 e. The Balaban J connectivity index is 3.86. The summed E-state index contributed by atoms with van der Waals surface area (Å²) < 4.78 is 0. The van der Waals surface area contributed by atoms with Crippen molar-refractivity contribution in [1.29, 1.82) is 0 Å². The summed E-state index contributed by atoms with van der Waals surface area (Å²) in [5.74, 6) is 0. The second-order valence-electron chi connectivity index (χ2n) is 12.7. The van der Waals surface area contributed by atoms with Gasteiger partial charge in [0.05, 0.1) is 0 Å². The molecule has 230 valence electrons. The Morgan fingerprint density at radius 2 is 0.368 bits per heavy atom. The lowest BCUT2D eigenvalue weighted by atomic mass is 10.0. The van der Waals surface area contributed by atoms with Crippen molar-refractivity contribution in [2.45, 2.75) is 220 Å². The molecule has 0 amide bonds. The van der Waals surface area contributed by atoms with E-state index < -0.39 is 0 Å². The Labute approximate surface area is 244 Å². The van der Waals surface area contributed by atoms with Crippen molar-refractivity contribution in [3.63, 3.8) is 0 Å². The van der Waals surface area contributed by atoms with Gasteiger partial charge in [0.25, 0.3) is 0 Å². The minimum atomic E-state index is 1.37. The van der Waals surface area contributed by atoms with Crippen molar-refractivity contribution in [2.75, 3.05) is 19.6 Å². The first-order valence-corrected chi connectivity index (χ1v) is 18.6. The van der Waals surface area contributed by atoms with E-state index in [1.807, 2.05) is 0 Å². The number of unbranched alkanes of at least 4 members (excludes halogenated alkanes) is 28. The van der Waals surface area contributed by atoms with Crippen LogP contribution in [0.3, 0.4) is 0 Å². The van der Waals surface area contributed by atoms with Gasteiger partial charge in [0.15, 0.2) is 0 Å². The third kappa shape index (κ3) is 32.2. The molecule has 0 saturated heterocycles. The molecule has 0 N–H and O–H groups in total. The van der Waals surface area contributed by atoms with Gasteiger partial charge in [0, 0.05) is 0 Å². The smallest absolute Gasteiger partial charge is 0.00187 e. The normalized spacial score (nSPS) is 11.7. The van der Waals surface area contributed by atoms with Crippen LogP contribution in [0.4, 0.5) is 0 Å². The van der Waals surface area contributed by atoms with Crippen molar-refractivity contribution < 1.29 is 0 Å². The molecule has 0 spiro atoms. The molecule has 0 fully saturated rings. The highest BCUT2D eigenvalue weighted by atomic mass is 15.1. The lowest BCUT2D eigenvalue weighted by Gasteiger charge is -2.22. The first-order chi connectivity index (χ1) is 18.8. The fourth-order valence-electron chi connectivity index (χ4n) is 5.98. The van der Waals surface area contributed by atoms with Crippen LogP contribution in [0.25, 0.3) is 0 Å². The van der Waals surface area contributed by atoms with Gasteiger partial charge in [0.1, 0.15) is 0 Å². The molecule has 0 bridgehead atoms. The van der Waals surface area contributed by atoms with Crippen LogP contribution in [-0.4, -0.2) is 24.5 Å². The second kappa shape index (κ2) is 35.0. The van der Waals surface area contributed by atoms with Gasteiger partial charge >= 0.3 is 0 Å². The highest BCUT2D eigenvalue weighted by Crippen LogP contribution is 2.15. The number of hydrogen-bond acceptors (Lipinski definition) is 1. The van der Waals surface area contributed by atoms with Crippen molar-refractivity contribution in [3.8, 4) is 0 Å². The molecular formula is C37H77N. The van der Waals surface area contributed by atoms with Crippen LogP contribution >= 0.6 is 0 Å². The topological polar surface area (TPSA) is 3.24 Å². The van der Waals surface area contributed by atoms with E-state index in [1.54, 1.807) is 0 Å². The van der Waals surface area contributed by atoms with E-state index in [0.717, 1.165) is 0 Å². The lowest BCUT2D eigenvalue weighted by Crippen LogP contribution is -2.27. The predicted molar refractivity (Wildman–Crippen MR) is 177 cm³/mol. The molecule has 0 aliphatic rings. The van der Waals surface area contributed by atoms with E-state index in [-0.39, 0.29) is 0 Å². The predicted octanol–water partition coefficient (Wildman–Crippen LogP) is 13.4. The fourth-order valence-corrected chi connectivity index (χ4v) is 5.98. The Morgan fingerprint density at radius 3 is 0.553 bits per heavy atom. The summed E-state index contributed by atoms with van der Waals surface area (Å²) in [6.07, 6.45) is 45.1. The van der Waals surface area contributed by atoms with E-state index in [9.17, 15) is 0 Å². The van der Waals surface area contributed by atoms with Crippen molar-refractivity contribution in [1.82, 2.24) is 4.90 Å². The van der Waals surface area contributed by atoms with Gasteiger partial charge in [-0.2, -0.15) is 0 Å². The Bertz CT molecular complexity index is 366. The highest BCUT2D eigenvalue weighted by Gasteiger charge is 2.05. The summed E-state index contributed by atoms with van der Waals surface area (Å²) in [6, 6.07) is 0. The van der Waals surface area contributed by atoms with Crippen LogP contribution in [0, 0.1) is 0 Å². The Hall–Kier alpha value is -0.0400. The second-order valence-corrected chi connectivity index (χ2v) is 12.7. The molecule has 0 aliphatic carbocycles. The van der Waals surface area contributed by atoms with Crippen LogP contribution in [0.2, 0.25) is 0 Å². The average molecular weight is 536 g/mol. The van der Waals surface area contributed by atoms with Crippen molar-refractivity contribution >= 4 is 0 Å². The molecule has 0 aliphatic heterocycles. The molecule has 0 radical (unpaired) electrons. The van der Waals surface area contributed by atoms with Crippen LogP contribution in [-0.2, 0) is 0 Å². The molecular weight excluding hydrogens is 458 g/mol. The van der Waals surface area contributed by atoms with Crippen molar-refractivity contribution in [3.05, 3.63) is 0 Å². The van der Waals surface area contributed by atoms with Crippen molar-refractivity contribution in [2.24, 2.45) is 0 Å². The summed E-state index contributed by atoms with van der Waals surface area (Å²) in [4.78, 5) is 2.85. The van der Waals surface area contributed by atoms with E-state index >= 15 is 0 Å². The lowest BCUT2D eigenvalue weighted by molar-refractivity contribution is 0.254. The van der Waals surface area contributed by atoms with Gasteiger partial charge in [-0.15, -0.1) is 0 Å². The third-order valence-corrected chi connectivity index (χ3v) is 8.73. The zero-order valence-electron chi connectivity index (χ0n) is 27.5. The van der Waals surface area contributed by atoms with E-state index in [2.05, 4.69) is 25.7 Å². The van der Waals surface area contributed by atoms with Gasteiger partial charge in [-0.05, 0) is 38.9 Å². The monoisotopic (exact) mass is 536 g/mol. The maximum Gasteiger partial charge on any atom is -0.00187 e. The highest BCUT2D eigenvalue weighted by molar-refractivity contribution is 4.61. The fraction of sp³-hybridized carbons (Fsp3) is 1.00. The van der Waals surface area contributed by atoms with Crippen LogP contribution in [0.15, 0.2) is 0 Å². The van der Waals surface area contributed by atoms with Gasteiger partial charge in [0.2, 0.25) is 0 Å². The summed E-state index contributed by atoms with van der Waals surface area (Å²) in [5.41, 5.74) is 0. The maximum absolute atomic E-state index is 2.85. The van der Waals surface area contributed by atoms with E-state index in [1.165, 1.54) is 219 Å². The molecule has 0 aromatic carbocycles. The van der Waals surface area contributed by atoms with Crippen LogP contribution < -0.4 is 0 Å². The molecule has 0 unspecified atom stereocenters. The largest absolute Gasteiger partial charge is 0.303 e. The first kappa shape index (κ1) is 38.0. The molecule has 1 nitrogen and oxygen atoms in total. The molecule has 0 atom stereocenters. The minimum absolute atomic E-state index is 1.37. The van der Waals surface area contributed by atoms with Gasteiger partial charge in [-0.3, -0.25) is 0 Å². The number of rotatable bonds is 34. The third-order valence-electron chi connectivity index (χ3n) is 8.73. The number of nitrogens with zero attached hydrogens (tertiary/aromatic N) is 1. The van der Waals surface area contributed by atoms with E-state index in [4.69, 9.17) is 0 Å². The molecule has 0 saturated carbocycles. The summed E-state index contributed by atoms with van der Waals surface area (Å²) >= 11 is 0. The van der Waals surface area contributed by atoms with E-state index in [0.29, 0.717) is 0 Å². The number of hydrogen-bond donors (Lipinski definition) is 0. The van der Waals surface area contributed by atoms with Crippen LogP contribution in [0.5, 0.6) is 0 Å². The molecule has 38 heavy (non-hydrogen) atoms. The molecule has 0 aromatic heterocycles. The Kier molecular flexibility index (Phi) is 35.0. The molecule has 1 heteroatoms. The standard InChI is InChI=1S/C37H77N/c1-4-7-10-13-16-19-21-24-27-30-33-36-38(35-32-29-26-23-18-15-12-9-6-3)37-34-31-28-25-22-20-17-14-11-8-5-2/h4-37H2,1-3H3. The summed E-state index contributed by atoms with van der Waals surface area (Å²) in [6.45, 7) is 11.0. The molecule has 0 aromatic rings. The van der Waals surface area contributed by atoms with Gasteiger partial charge < -0.3 is 4.90 Å². The zero-order valence-corrected chi connectivity index (χ0v) is 27.5. The Morgan fingerprint density at radius 1 is 0.211 bits per heavy atom. The van der Waals surface area contributed by atoms with Gasteiger partial charge in [-0.25, -0.2) is 0 Å². The quantitative estimate of drug-likeness (QED) is 0.0740. The zero-order chi connectivity index (χ0) is 27.6. The maximum atomic E-state index is 2.85. The van der Waals surface area contributed by atoms with Crippen LogP contribution in [0.1, 0.15) is 220 Å². The molecule has 0 heterocycles. The SMILES string of the molecule is CCCCCCCCCCCCCN(CCCCCCCCCCC)CCCCCCCCCCCCC. The van der Waals surface area contributed by atoms with Gasteiger partial charge in [-0.1, -0.05) is 201 Å². The summed E-state index contributed by atoms with van der Waals surface area (Å²) in [5, 5.41) is 0. The first-order valence-electron chi connectivity index (χ1n) is 18.6. The molecule has 0 rings (SSSR count).